The number of aliphatic hydroxyl groups excluding tert-OH is 2. The predicted octanol–water partition coefficient (Wildman–Crippen LogP) is 0.486. The molecule has 16 heavy (non-hydrogen) atoms. The quantitative estimate of drug-likeness (QED) is 0.832. The molecule has 1 unspecified atom stereocenters. The van der Waals surface area contributed by atoms with Gasteiger partial charge in [0.25, 0.3) is 0 Å². The summed E-state index contributed by atoms with van der Waals surface area (Å²) in [6.45, 7) is 1.81. The molecule has 0 aliphatic carbocycles. The predicted molar refractivity (Wildman–Crippen MR) is 62.1 cm³/mol. The van der Waals surface area contributed by atoms with E-state index in [1.165, 1.54) is 11.3 Å². The van der Waals surface area contributed by atoms with Gasteiger partial charge >= 0.3 is 0 Å². The summed E-state index contributed by atoms with van der Waals surface area (Å²) in [6.07, 6.45) is -0.172. The van der Waals surface area contributed by atoms with Gasteiger partial charge in [-0.05, 0) is 0 Å². The van der Waals surface area contributed by atoms with Gasteiger partial charge in [-0.25, -0.2) is 4.98 Å². The average Bonchev–Trinajstić information content (AvgIpc) is 2.71. The molecule has 2 heterocycles. The highest BCUT2D eigenvalue weighted by molar-refractivity contribution is 7.16. The third kappa shape index (κ3) is 2.46. The summed E-state index contributed by atoms with van der Waals surface area (Å²) < 4.78 is 5.35. The molecule has 1 aromatic rings. The van der Waals surface area contributed by atoms with Gasteiger partial charge in [0, 0.05) is 13.1 Å². The minimum atomic E-state index is -0.172. The number of ether oxygens (including phenoxy) is 1. The first-order chi connectivity index (χ1) is 7.74. The van der Waals surface area contributed by atoms with Crippen molar-refractivity contribution in [1.29, 1.82) is 0 Å². The van der Waals surface area contributed by atoms with Crippen molar-refractivity contribution in [3.05, 3.63) is 10.0 Å². The van der Waals surface area contributed by atoms with Crippen LogP contribution in [0.4, 0.5) is 5.13 Å². The molecule has 2 N–H and O–H groups in total. The molecule has 0 spiro atoms. The van der Waals surface area contributed by atoms with Crippen molar-refractivity contribution in [2.24, 2.45) is 0 Å². The van der Waals surface area contributed by atoms with Gasteiger partial charge in [-0.3, -0.25) is 0 Å². The van der Waals surface area contributed by atoms with Gasteiger partial charge in [-0.2, -0.15) is 0 Å². The second kappa shape index (κ2) is 5.29. The van der Waals surface area contributed by atoms with Gasteiger partial charge in [0.05, 0.1) is 30.8 Å². The summed E-state index contributed by atoms with van der Waals surface area (Å²) in [5, 5.41) is 19.2. The summed E-state index contributed by atoms with van der Waals surface area (Å²) in [4.78, 5) is 6.87. The maximum atomic E-state index is 9.03. The van der Waals surface area contributed by atoms with E-state index in [1.807, 2.05) is 4.90 Å². The minimum Gasteiger partial charge on any atom is -0.394 e. The smallest absolute Gasteiger partial charge is 0.187 e. The molecule has 0 aromatic carbocycles. The van der Waals surface area contributed by atoms with Crippen LogP contribution >= 0.6 is 22.9 Å². The third-order valence-electron chi connectivity index (χ3n) is 2.39. The van der Waals surface area contributed by atoms with E-state index in [-0.39, 0.29) is 19.3 Å². The van der Waals surface area contributed by atoms with Crippen molar-refractivity contribution in [3.63, 3.8) is 0 Å². The van der Waals surface area contributed by atoms with E-state index >= 15 is 0 Å². The summed E-state index contributed by atoms with van der Waals surface area (Å²) in [5.41, 5.74) is 0. The van der Waals surface area contributed by atoms with Crippen LogP contribution in [-0.2, 0) is 11.3 Å². The largest absolute Gasteiger partial charge is 0.394 e. The average molecular weight is 265 g/mol. The molecule has 1 atom stereocenters. The number of thiazole rings is 1. The maximum Gasteiger partial charge on any atom is 0.187 e. The fraction of sp³-hybridized carbons (Fsp3) is 0.667. The topological polar surface area (TPSA) is 65.8 Å². The molecule has 0 amide bonds. The highest BCUT2D eigenvalue weighted by atomic mass is 35.5. The van der Waals surface area contributed by atoms with Crippen molar-refractivity contribution >= 4 is 28.1 Å². The van der Waals surface area contributed by atoms with Gasteiger partial charge in [-0.15, -0.1) is 0 Å². The Balaban J connectivity index is 2.10. The maximum absolute atomic E-state index is 9.03. The molecule has 1 aromatic heterocycles. The Morgan fingerprint density at radius 3 is 3.00 bits per heavy atom. The molecular weight excluding hydrogens is 252 g/mol. The number of aliphatic hydroxyl groups is 2. The molecule has 1 aliphatic rings. The molecule has 0 saturated carbocycles. The first kappa shape index (κ1) is 12.1. The van der Waals surface area contributed by atoms with Crippen molar-refractivity contribution in [2.75, 3.05) is 31.2 Å². The number of aromatic nitrogens is 1. The van der Waals surface area contributed by atoms with Gasteiger partial charge in [-0.1, -0.05) is 22.9 Å². The third-order valence-corrected chi connectivity index (χ3v) is 3.92. The molecule has 5 nitrogen and oxygen atoms in total. The summed E-state index contributed by atoms with van der Waals surface area (Å²) in [5.74, 6) is 0. The van der Waals surface area contributed by atoms with Crippen molar-refractivity contribution < 1.29 is 14.9 Å². The van der Waals surface area contributed by atoms with Crippen LogP contribution in [0.15, 0.2) is 0 Å². The Morgan fingerprint density at radius 2 is 2.38 bits per heavy atom. The first-order valence-corrected chi connectivity index (χ1v) is 6.17. The van der Waals surface area contributed by atoms with E-state index < -0.39 is 0 Å². The summed E-state index contributed by atoms with van der Waals surface area (Å²) in [7, 11) is 0. The Morgan fingerprint density at radius 1 is 1.56 bits per heavy atom. The lowest BCUT2D eigenvalue weighted by molar-refractivity contribution is 0.00356. The summed E-state index contributed by atoms with van der Waals surface area (Å²) >= 11 is 7.24. The zero-order chi connectivity index (χ0) is 11.5. The monoisotopic (exact) mass is 264 g/mol. The second-order valence-electron chi connectivity index (χ2n) is 3.49. The zero-order valence-electron chi connectivity index (χ0n) is 8.60. The lowest BCUT2D eigenvalue weighted by atomic mass is 10.3. The fourth-order valence-electron chi connectivity index (χ4n) is 1.56. The van der Waals surface area contributed by atoms with E-state index in [1.54, 1.807) is 0 Å². The molecule has 1 fully saturated rings. The number of nitrogens with zero attached hydrogens (tertiary/aromatic N) is 2. The van der Waals surface area contributed by atoms with Crippen molar-refractivity contribution in [3.8, 4) is 0 Å². The Kier molecular flexibility index (Phi) is 3.99. The van der Waals surface area contributed by atoms with Gasteiger partial charge in [0.2, 0.25) is 0 Å². The molecule has 0 radical (unpaired) electrons. The second-order valence-corrected chi connectivity index (χ2v) is 4.91. The van der Waals surface area contributed by atoms with Crippen LogP contribution in [-0.4, -0.2) is 47.6 Å². The normalized spacial score (nSPS) is 21.4. The van der Waals surface area contributed by atoms with E-state index in [2.05, 4.69) is 4.98 Å². The van der Waals surface area contributed by atoms with Crippen LogP contribution in [0.2, 0.25) is 5.15 Å². The van der Waals surface area contributed by atoms with Crippen LogP contribution in [0, 0.1) is 0 Å². The first-order valence-electron chi connectivity index (χ1n) is 4.98. The van der Waals surface area contributed by atoms with Crippen LogP contribution in [0.5, 0.6) is 0 Å². The van der Waals surface area contributed by atoms with Crippen LogP contribution in [0.3, 0.4) is 0 Å². The number of morpholine rings is 1. The molecule has 90 valence electrons. The number of hydrogen-bond acceptors (Lipinski definition) is 6. The minimum absolute atomic E-state index is 0.00244. The highest BCUT2D eigenvalue weighted by Gasteiger charge is 2.23. The number of rotatable bonds is 3. The zero-order valence-corrected chi connectivity index (χ0v) is 10.2. The van der Waals surface area contributed by atoms with E-state index in [9.17, 15) is 0 Å². The molecule has 1 aliphatic heterocycles. The van der Waals surface area contributed by atoms with Gasteiger partial charge in [0.1, 0.15) is 5.15 Å². The van der Waals surface area contributed by atoms with Crippen molar-refractivity contribution in [2.45, 2.75) is 12.7 Å². The van der Waals surface area contributed by atoms with E-state index in [0.717, 1.165) is 11.7 Å². The van der Waals surface area contributed by atoms with E-state index in [0.29, 0.717) is 23.2 Å². The Bertz CT molecular complexity index is 361. The lowest BCUT2D eigenvalue weighted by Crippen LogP contribution is -2.44. The van der Waals surface area contributed by atoms with E-state index in [4.69, 9.17) is 26.6 Å². The Labute approximate surface area is 102 Å². The number of halogens is 1. The molecule has 1 saturated heterocycles. The van der Waals surface area contributed by atoms with Gasteiger partial charge in [0.15, 0.2) is 5.13 Å². The molecule has 7 heteroatoms. The standard InChI is InChI=1S/C9H13ClN2O3S/c10-8-7(5-14)16-9(11-8)12-1-2-15-6(3-12)4-13/h6,13-14H,1-5H2. The fourth-order valence-corrected chi connectivity index (χ4v) is 2.71. The molecule has 2 rings (SSSR count). The Hall–Kier alpha value is -0.400. The van der Waals surface area contributed by atoms with Crippen LogP contribution in [0.1, 0.15) is 4.88 Å². The van der Waals surface area contributed by atoms with Crippen molar-refractivity contribution in [1.82, 2.24) is 4.98 Å². The number of anilines is 1. The lowest BCUT2D eigenvalue weighted by Gasteiger charge is -2.31. The van der Waals surface area contributed by atoms with Crippen LogP contribution in [0.25, 0.3) is 0 Å². The molecular formula is C9H13ClN2O3S. The SMILES string of the molecule is OCc1sc(N2CCOC(CO)C2)nc1Cl. The summed E-state index contributed by atoms with van der Waals surface area (Å²) in [6, 6.07) is 0. The molecule has 0 bridgehead atoms. The van der Waals surface area contributed by atoms with Crippen LogP contribution < -0.4 is 4.90 Å². The number of hydrogen-bond donors (Lipinski definition) is 2. The van der Waals surface area contributed by atoms with Gasteiger partial charge < -0.3 is 19.8 Å². The highest BCUT2D eigenvalue weighted by Crippen LogP contribution is 2.30.